The second-order valence-corrected chi connectivity index (χ2v) is 6.93. The number of nitrogens with one attached hydrogen (secondary N) is 1. The summed E-state index contributed by atoms with van der Waals surface area (Å²) in [5.74, 6) is 0. The van der Waals surface area contributed by atoms with E-state index in [0.29, 0.717) is 0 Å². The van der Waals surface area contributed by atoms with E-state index in [-0.39, 0.29) is 0 Å². The smallest absolute Gasteiger partial charge is 0.130 e. The lowest BCUT2D eigenvalue weighted by Gasteiger charge is -2.13. The predicted octanol–water partition coefficient (Wildman–Crippen LogP) is 5.45. The summed E-state index contributed by atoms with van der Waals surface area (Å²) in [6.45, 7) is 5.71. The van der Waals surface area contributed by atoms with Gasteiger partial charge in [-0.25, -0.2) is 0 Å². The van der Waals surface area contributed by atoms with Crippen LogP contribution in [-0.2, 0) is 0 Å². The number of unbranched alkanes of at least 4 members (excludes halogenated alkanes) is 10. The maximum absolute atomic E-state index is 2.29. The summed E-state index contributed by atoms with van der Waals surface area (Å²) in [6, 6.07) is 8.98. The first-order valence-corrected chi connectivity index (χ1v) is 9.63. The van der Waals surface area contributed by atoms with E-state index in [1.165, 1.54) is 88.4 Å². The van der Waals surface area contributed by atoms with Crippen LogP contribution in [0.4, 0.5) is 5.69 Å². The lowest BCUT2D eigenvalue weighted by Crippen LogP contribution is -3.03. The van der Waals surface area contributed by atoms with Gasteiger partial charge < -0.3 is 4.90 Å². The molecule has 0 spiro atoms. The Hall–Kier alpha value is -0.820. The van der Waals surface area contributed by atoms with Crippen molar-refractivity contribution in [3.05, 3.63) is 29.8 Å². The average molecular weight is 305 g/mol. The zero-order valence-electron chi connectivity index (χ0n) is 15.3. The van der Waals surface area contributed by atoms with E-state index in [1.807, 2.05) is 0 Å². The zero-order valence-corrected chi connectivity index (χ0v) is 15.3. The van der Waals surface area contributed by atoms with Crippen LogP contribution in [0.15, 0.2) is 24.3 Å². The number of hydrogen-bond donors (Lipinski definition) is 1. The molecule has 0 aromatic heterocycles. The van der Waals surface area contributed by atoms with E-state index in [4.69, 9.17) is 0 Å². The minimum atomic E-state index is 1.26. The molecular weight excluding hydrogens is 266 g/mol. The van der Waals surface area contributed by atoms with Gasteiger partial charge in [-0.2, -0.15) is 0 Å². The van der Waals surface area contributed by atoms with Crippen LogP contribution in [0.25, 0.3) is 0 Å². The second-order valence-electron chi connectivity index (χ2n) is 6.93. The molecule has 0 heterocycles. The van der Waals surface area contributed by atoms with Crippen LogP contribution in [0.5, 0.6) is 0 Å². The van der Waals surface area contributed by atoms with Crippen LogP contribution in [0.1, 0.15) is 83.1 Å². The highest BCUT2D eigenvalue weighted by atomic mass is 15.1. The molecule has 1 N–H and O–H groups in total. The number of benzene rings is 1. The average Bonchev–Trinajstić information content (AvgIpc) is 2.53. The van der Waals surface area contributed by atoms with E-state index in [0.717, 1.165) is 0 Å². The van der Waals surface area contributed by atoms with Crippen molar-refractivity contribution in [1.29, 1.82) is 0 Å². The maximum atomic E-state index is 2.29. The first-order valence-electron chi connectivity index (χ1n) is 9.63. The molecule has 0 amide bonds. The molecule has 1 heteroatoms. The van der Waals surface area contributed by atoms with Crippen LogP contribution in [0, 0.1) is 6.92 Å². The molecule has 1 unspecified atom stereocenters. The summed E-state index contributed by atoms with van der Waals surface area (Å²) < 4.78 is 0. The third-order valence-corrected chi connectivity index (χ3v) is 4.70. The van der Waals surface area contributed by atoms with E-state index < -0.39 is 0 Å². The van der Waals surface area contributed by atoms with Gasteiger partial charge >= 0.3 is 0 Å². The van der Waals surface area contributed by atoms with Crippen molar-refractivity contribution < 1.29 is 4.90 Å². The van der Waals surface area contributed by atoms with Crippen molar-refractivity contribution in [2.24, 2.45) is 0 Å². The standard InChI is InChI=1S/C21H37N/c1-4-5-6-7-8-9-10-11-12-13-14-19-22(3)21-17-15-20(2)16-18-21/h15-18H,4-14,19H2,1-3H3/p+1. The Morgan fingerprint density at radius 2 is 1.14 bits per heavy atom. The molecule has 1 aromatic carbocycles. The summed E-state index contributed by atoms with van der Waals surface area (Å²) in [4.78, 5) is 1.55. The predicted molar refractivity (Wildman–Crippen MR) is 99.1 cm³/mol. The Bertz CT molecular complexity index is 355. The monoisotopic (exact) mass is 304 g/mol. The Labute approximate surface area is 139 Å². The first kappa shape index (κ1) is 19.2. The minimum absolute atomic E-state index is 1.26. The van der Waals surface area contributed by atoms with Gasteiger partial charge in [0.05, 0.1) is 13.6 Å². The summed E-state index contributed by atoms with van der Waals surface area (Å²) in [6.07, 6.45) is 15.7. The topological polar surface area (TPSA) is 4.44 Å². The van der Waals surface area contributed by atoms with Crippen LogP contribution < -0.4 is 4.90 Å². The number of quaternary nitrogens is 1. The first-order chi connectivity index (χ1) is 10.7. The van der Waals surface area contributed by atoms with Crippen molar-refractivity contribution in [2.45, 2.75) is 84.5 Å². The van der Waals surface area contributed by atoms with Crippen molar-refractivity contribution in [3.8, 4) is 0 Å². The van der Waals surface area contributed by atoms with Gasteiger partial charge in [0, 0.05) is 0 Å². The van der Waals surface area contributed by atoms with Gasteiger partial charge in [0.15, 0.2) is 0 Å². The quantitative estimate of drug-likeness (QED) is 0.462. The summed E-state index contributed by atoms with van der Waals surface area (Å²) >= 11 is 0. The molecule has 22 heavy (non-hydrogen) atoms. The molecule has 1 rings (SSSR count). The number of aryl methyl sites for hydroxylation is 1. The maximum Gasteiger partial charge on any atom is 0.130 e. The van der Waals surface area contributed by atoms with Crippen LogP contribution in [-0.4, -0.2) is 13.6 Å². The fraction of sp³-hybridized carbons (Fsp3) is 0.714. The number of hydrogen-bond acceptors (Lipinski definition) is 0. The van der Waals surface area contributed by atoms with Crippen molar-refractivity contribution >= 4 is 5.69 Å². The van der Waals surface area contributed by atoms with E-state index in [1.54, 1.807) is 4.90 Å². The molecule has 126 valence electrons. The lowest BCUT2D eigenvalue weighted by molar-refractivity contribution is -0.810. The molecule has 0 aliphatic heterocycles. The molecule has 0 fully saturated rings. The highest BCUT2D eigenvalue weighted by Gasteiger charge is 2.05. The Kier molecular flexibility index (Phi) is 11.1. The Balaban J connectivity index is 1.92. The molecule has 1 nitrogen and oxygen atoms in total. The van der Waals surface area contributed by atoms with E-state index >= 15 is 0 Å². The van der Waals surface area contributed by atoms with Crippen molar-refractivity contribution in [2.75, 3.05) is 13.6 Å². The fourth-order valence-electron chi connectivity index (χ4n) is 3.04. The molecule has 0 bridgehead atoms. The fourth-order valence-corrected chi connectivity index (χ4v) is 3.04. The minimum Gasteiger partial charge on any atom is -0.305 e. The molecule has 0 saturated carbocycles. The third-order valence-electron chi connectivity index (χ3n) is 4.70. The molecular formula is C21H38N+. The second kappa shape index (κ2) is 12.7. The summed E-state index contributed by atoms with van der Waals surface area (Å²) in [5.41, 5.74) is 2.78. The zero-order chi connectivity index (χ0) is 16.0. The van der Waals surface area contributed by atoms with E-state index in [2.05, 4.69) is 45.2 Å². The highest BCUT2D eigenvalue weighted by Crippen LogP contribution is 2.11. The van der Waals surface area contributed by atoms with Crippen LogP contribution >= 0.6 is 0 Å². The summed E-state index contributed by atoms with van der Waals surface area (Å²) in [7, 11) is 2.29. The molecule has 0 aliphatic carbocycles. The molecule has 0 saturated heterocycles. The lowest BCUT2D eigenvalue weighted by atomic mass is 10.1. The van der Waals surface area contributed by atoms with Crippen LogP contribution in [0.3, 0.4) is 0 Å². The Morgan fingerprint density at radius 3 is 1.64 bits per heavy atom. The van der Waals surface area contributed by atoms with E-state index in [9.17, 15) is 0 Å². The van der Waals surface area contributed by atoms with Gasteiger partial charge in [-0.3, -0.25) is 0 Å². The normalized spacial score (nSPS) is 12.5. The van der Waals surface area contributed by atoms with Gasteiger partial charge in [-0.15, -0.1) is 0 Å². The third kappa shape index (κ3) is 9.25. The van der Waals surface area contributed by atoms with Gasteiger partial charge in [-0.05, 0) is 31.9 Å². The largest absolute Gasteiger partial charge is 0.305 e. The Morgan fingerprint density at radius 1 is 0.682 bits per heavy atom. The van der Waals surface area contributed by atoms with Gasteiger partial charge in [0.1, 0.15) is 5.69 Å². The van der Waals surface area contributed by atoms with Gasteiger partial charge in [0.2, 0.25) is 0 Å². The van der Waals surface area contributed by atoms with Gasteiger partial charge in [0.25, 0.3) is 0 Å². The highest BCUT2D eigenvalue weighted by molar-refractivity contribution is 5.31. The molecule has 0 aliphatic rings. The summed E-state index contributed by atoms with van der Waals surface area (Å²) in [5, 5.41) is 0. The SMILES string of the molecule is CCCCCCCCCCCCC[NH+](C)c1ccc(C)cc1. The van der Waals surface area contributed by atoms with Crippen molar-refractivity contribution in [3.63, 3.8) is 0 Å². The molecule has 0 radical (unpaired) electrons. The van der Waals surface area contributed by atoms with Gasteiger partial charge in [-0.1, -0.05) is 82.4 Å². The molecule has 1 aromatic rings. The molecule has 1 atom stereocenters. The van der Waals surface area contributed by atoms with Crippen LogP contribution in [0.2, 0.25) is 0 Å². The number of rotatable bonds is 13. The van der Waals surface area contributed by atoms with Crippen molar-refractivity contribution in [1.82, 2.24) is 0 Å².